The van der Waals surface area contributed by atoms with Crippen LogP contribution < -0.4 is 0 Å². The lowest BCUT2D eigenvalue weighted by atomic mass is 10.2. The SMILES string of the molecule is OCC1OC1c1ccc(Br)cn1. The van der Waals surface area contributed by atoms with Crippen LogP contribution in [0, 0.1) is 0 Å². The minimum absolute atomic E-state index is 0.00287. The van der Waals surface area contributed by atoms with Gasteiger partial charge in [-0.25, -0.2) is 0 Å². The number of epoxide rings is 1. The van der Waals surface area contributed by atoms with E-state index in [4.69, 9.17) is 9.84 Å². The van der Waals surface area contributed by atoms with Gasteiger partial charge in [-0.05, 0) is 28.1 Å². The van der Waals surface area contributed by atoms with Gasteiger partial charge in [0.25, 0.3) is 0 Å². The monoisotopic (exact) mass is 229 g/mol. The van der Waals surface area contributed by atoms with Gasteiger partial charge >= 0.3 is 0 Å². The van der Waals surface area contributed by atoms with E-state index in [9.17, 15) is 0 Å². The maximum Gasteiger partial charge on any atom is 0.128 e. The first-order valence-corrected chi connectivity index (χ1v) is 4.48. The molecule has 1 aliphatic heterocycles. The number of aliphatic hydroxyl groups is 1. The summed E-state index contributed by atoms with van der Waals surface area (Å²) in [4.78, 5) is 4.16. The molecule has 2 atom stereocenters. The van der Waals surface area contributed by atoms with Gasteiger partial charge in [-0.2, -0.15) is 0 Å². The van der Waals surface area contributed by atoms with Gasteiger partial charge in [-0.1, -0.05) is 0 Å². The van der Waals surface area contributed by atoms with Crippen molar-refractivity contribution in [3.8, 4) is 0 Å². The number of nitrogens with zero attached hydrogens (tertiary/aromatic N) is 1. The number of pyridine rings is 1. The van der Waals surface area contributed by atoms with E-state index in [-0.39, 0.29) is 18.8 Å². The predicted molar refractivity (Wildman–Crippen MR) is 46.6 cm³/mol. The highest BCUT2D eigenvalue weighted by atomic mass is 79.9. The van der Waals surface area contributed by atoms with Gasteiger partial charge in [0.1, 0.15) is 12.2 Å². The van der Waals surface area contributed by atoms with Gasteiger partial charge in [-0.15, -0.1) is 0 Å². The lowest BCUT2D eigenvalue weighted by molar-refractivity contribution is 0.242. The molecule has 0 saturated carbocycles. The average Bonchev–Trinajstić information content (AvgIpc) is 2.85. The lowest BCUT2D eigenvalue weighted by Gasteiger charge is -1.93. The molecule has 2 unspecified atom stereocenters. The van der Waals surface area contributed by atoms with Crippen molar-refractivity contribution in [2.24, 2.45) is 0 Å². The van der Waals surface area contributed by atoms with Crippen molar-refractivity contribution in [1.29, 1.82) is 0 Å². The average molecular weight is 230 g/mol. The van der Waals surface area contributed by atoms with Crippen LogP contribution in [0.2, 0.25) is 0 Å². The number of aromatic nitrogens is 1. The van der Waals surface area contributed by atoms with Crippen molar-refractivity contribution in [3.63, 3.8) is 0 Å². The van der Waals surface area contributed by atoms with Crippen LogP contribution in [0.4, 0.5) is 0 Å². The van der Waals surface area contributed by atoms with Crippen LogP contribution in [0.5, 0.6) is 0 Å². The van der Waals surface area contributed by atoms with Crippen LogP contribution in [0.3, 0.4) is 0 Å². The van der Waals surface area contributed by atoms with Crippen LogP contribution in [-0.2, 0) is 4.74 Å². The molecule has 2 rings (SSSR count). The molecule has 0 radical (unpaired) electrons. The summed E-state index contributed by atoms with van der Waals surface area (Å²) in [5.74, 6) is 0. The van der Waals surface area contributed by atoms with Crippen LogP contribution in [0.1, 0.15) is 11.8 Å². The number of halogens is 1. The molecule has 3 nitrogen and oxygen atoms in total. The topological polar surface area (TPSA) is 45.6 Å². The van der Waals surface area contributed by atoms with Crippen molar-refractivity contribution in [1.82, 2.24) is 4.98 Å². The van der Waals surface area contributed by atoms with Crippen LogP contribution in [0.15, 0.2) is 22.8 Å². The maximum atomic E-state index is 8.73. The Labute approximate surface area is 78.5 Å². The summed E-state index contributed by atoms with van der Waals surface area (Å²) in [5, 5.41) is 8.73. The standard InChI is InChI=1S/C8H8BrNO2/c9-5-1-2-6(10-3-5)8-7(4-11)12-8/h1-3,7-8,11H,4H2. The van der Waals surface area contributed by atoms with E-state index in [1.807, 2.05) is 12.1 Å². The van der Waals surface area contributed by atoms with Crippen molar-refractivity contribution in [2.45, 2.75) is 12.2 Å². The quantitative estimate of drug-likeness (QED) is 0.778. The zero-order valence-electron chi connectivity index (χ0n) is 6.27. The number of hydrogen-bond acceptors (Lipinski definition) is 3. The van der Waals surface area contributed by atoms with Crippen LogP contribution in [0.25, 0.3) is 0 Å². The molecule has 12 heavy (non-hydrogen) atoms. The number of rotatable bonds is 2. The first-order chi connectivity index (χ1) is 5.81. The molecule has 2 heterocycles. The molecule has 4 heteroatoms. The lowest BCUT2D eigenvalue weighted by Crippen LogP contribution is -1.95. The normalized spacial score (nSPS) is 27.2. The van der Waals surface area contributed by atoms with Gasteiger partial charge in [0, 0.05) is 10.7 Å². The number of ether oxygens (including phenoxy) is 1. The predicted octanol–water partition coefficient (Wildman–Crippen LogP) is 1.28. The smallest absolute Gasteiger partial charge is 0.128 e. The summed E-state index contributed by atoms with van der Waals surface area (Å²) in [7, 11) is 0. The van der Waals surface area contributed by atoms with Crippen LogP contribution >= 0.6 is 15.9 Å². The Morgan fingerprint density at radius 1 is 1.58 bits per heavy atom. The summed E-state index contributed by atoms with van der Waals surface area (Å²) in [6.07, 6.45) is 1.69. The fraction of sp³-hybridized carbons (Fsp3) is 0.375. The second-order valence-electron chi connectivity index (χ2n) is 2.68. The van der Waals surface area contributed by atoms with Crippen molar-refractivity contribution in [2.75, 3.05) is 6.61 Å². The molecule has 0 aromatic carbocycles. The molecule has 0 spiro atoms. The first-order valence-electron chi connectivity index (χ1n) is 3.69. The molecule has 1 aromatic heterocycles. The third-order valence-corrected chi connectivity index (χ3v) is 2.27. The third-order valence-electron chi connectivity index (χ3n) is 1.80. The zero-order valence-corrected chi connectivity index (χ0v) is 7.86. The molecule has 1 N–H and O–H groups in total. The fourth-order valence-corrected chi connectivity index (χ4v) is 1.33. The van der Waals surface area contributed by atoms with Crippen LogP contribution in [-0.4, -0.2) is 22.8 Å². The van der Waals surface area contributed by atoms with E-state index in [1.165, 1.54) is 0 Å². The Hall–Kier alpha value is -0.450. The Morgan fingerprint density at radius 3 is 2.92 bits per heavy atom. The third kappa shape index (κ3) is 1.50. The minimum Gasteiger partial charge on any atom is -0.394 e. The molecular weight excluding hydrogens is 222 g/mol. The van der Waals surface area contributed by atoms with E-state index in [0.29, 0.717) is 0 Å². The summed E-state index contributed by atoms with van der Waals surface area (Å²) in [6.45, 7) is 0.0718. The molecule has 1 fully saturated rings. The molecular formula is C8H8BrNO2. The number of aliphatic hydroxyl groups excluding tert-OH is 1. The molecule has 1 aromatic rings. The largest absolute Gasteiger partial charge is 0.394 e. The van der Waals surface area contributed by atoms with E-state index < -0.39 is 0 Å². The molecule has 64 valence electrons. The van der Waals surface area contributed by atoms with E-state index in [1.54, 1.807) is 6.20 Å². The van der Waals surface area contributed by atoms with E-state index >= 15 is 0 Å². The van der Waals surface area contributed by atoms with Gasteiger partial charge in [-0.3, -0.25) is 4.98 Å². The van der Waals surface area contributed by atoms with Crippen molar-refractivity contribution >= 4 is 15.9 Å². The summed E-state index contributed by atoms with van der Waals surface area (Å²) >= 11 is 3.29. The number of hydrogen-bond donors (Lipinski definition) is 1. The van der Waals surface area contributed by atoms with Crippen molar-refractivity contribution < 1.29 is 9.84 Å². The fourth-order valence-electron chi connectivity index (χ4n) is 1.10. The summed E-state index contributed by atoms with van der Waals surface area (Å²) in [5.41, 5.74) is 0.886. The van der Waals surface area contributed by atoms with E-state index in [0.717, 1.165) is 10.2 Å². The van der Waals surface area contributed by atoms with Gasteiger partial charge in [0.15, 0.2) is 0 Å². The second kappa shape index (κ2) is 3.12. The summed E-state index contributed by atoms with van der Waals surface area (Å²) in [6, 6.07) is 3.81. The molecule has 0 amide bonds. The Bertz CT molecular complexity index is 275. The first kappa shape index (κ1) is 8.16. The summed E-state index contributed by atoms with van der Waals surface area (Å²) < 4.78 is 6.12. The molecule has 0 bridgehead atoms. The van der Waals surface area contributed by atoms with Gasteiger partial charge in [0.05, 0.1) is 12.3 Å². The van der Waals surface area contributed by atoms with Gasteiger partial charge in [0.2, 0.25) is 0 Å². The second-order valence-corrected chi connectivity index (χ2v) is 3.59. The Morgan fingerprint density at radius 2 is 2.42 bits per heavy atom. The molecule has 1 aliphatic rings. The highest BCUT2D eigenvalue weighted by molar-refractivity contribution is 9.10. The zero-order chi connectivity index (χ0) is 8.55. The van der Waals surface area contributed by atoms with E-state index in [2.05, 4.69) is 20.9 Å². The molecule has 0 aliphatic carbocycles. The minimum atomic E-state index is -0.0429. The van der Waals surface area contributed by atoms with Crippen molar-refractivity contribution in [3.05, 3.63) is 28.5 Å². The molecule has 1 saturated heterocycles. The Kier molecular flexibility index (Phi) is 2.12. The highest BCUT2D eigenvalue weighted by Crippen LogP contribution is 2.37. The Balaban J connectivity index is 2.10. The van der Waals surface area contributed by atoms with Gasteiger partial charge < -0.3 is 9.84 Å². The maximum absolute atomic E-state index is 8.73. The highest BCUT2D eigenvalue weighted by Gasteiger charge is 2.40.